The van der Waals surface area contributed by atoms with Crippen LogP contribution in [0.1, 0.15) is 37.8 Å². The first kappa shape index (κ1) is 26.9. The molecule has 0 heterocycles. The molecule has 2 aromatic carbocycles. The second-order valence-electron chi connectivity index (χ2n) is 8.36. The molecule has 0 unspecified atom stereocenters. The van der Waals surface area contributed by atoms with Crippen molar-refractivity contribution in [1.29, 1.82) is 0 Å². The second kappa shape index (κ2) is 14.0. The molecule has 0 radical (unpaired) electrons. The van der Waals surface area contributed by atoms with Crippen molar-refractivity contribution >= 4 is 18.2 Å². The molecule has 0 aliphatic rings. The number of imide groups is 2. The minimum absolute atomic E-state index is 0.0328. The van der Waals surface area contributed by atoms with Gasteiger partial charge in [0.05, 0.1) is 7.11 Å². The molecule has 2 aromatic rings. The molecule has 0 saturated heterocycles. The number of ether oxygens (including phenoxy) is 1. The number of benzene rings is 2. The van der Waals surface area contributed by atoms with E-state index in [0.29, 0.717) is 19.3 Å². The normalized spacial score (nSPS) is 10.6. The molecule has 5 amide bonds. The summed E-state index contributed by atoms with van der Waals surface area (Å²) in [5.74, 6) is 0.251. The van der Waals surface area contributed by atoms with Crippen molar-refractivity contribution in [3.8, 4) is 0 Å². The maximum absolute atomic E-state index is 13.5. The van der Waals surface area contributed by atoms with Crippen molar-refractivity contribution < 1.29 is 24.0 Å². The van der Waals surface area contributed by atoms with Crippen LogP contribution in [0.5, 0.6) is 0 Å². The third-order valence-electron chi connectivity index (χ3n) is 5.28. The highest BCUT2D eigenvalue weighted by Gasteiger charge is 2.33. The van der Waals surface area contributed by atoms with Crippen LogP contribution < -0.4 is 0 Å². The van der Waals surface area contributed by atoms with E-state index < -0.39 is 18.2 Å². The maximum Gasteiger partial charge on any atom is 0.418 e. The highest BCUT2D eigenvalue weighted by molar-refractivity contribution is 5.99. The first-order valence-corrected chi connectivity index (χ1v) is 11.5. The summed E-state index contributed by atoms with van der Waals surface area (Å²) in [7, 11) is 2.77. The number of urea groups is 2. The number of rotatable bonds is 10. The summed E-state index contributed by atoms with van der Waals surface area (Å²) in [4.78, 5) is 46.4. The van der Waals surface area contributed by atoms with Crippen molar-refractivity contribution in [1.82, 2.24) is 14.9 Å². The fourth-order valence-corrected chi connectivity index (χ4v) is 3.20. The largest absolute Gasteiger partial charge is 0.444 e. The molecular formula is C26H35N3O5. The monoisotopic (exact) mass is 469 g/mol. The van der Waals surface area contributed by atoms with Gasteiger partial charge in [-0.25, -0.2) is 29.2 Å². The Balaban J connectivity index is 2.16. The minimum atomic E-state index is -0.782. The number of carbonyl (C=O) groups is 3. The topological polar surface area (TPSA) is 79.4 Å². The number of hydrogen-bond donors (Lipinski definition) is 0. The molecule has 8 heteroatoms. The lowest BCUT2D eigenvalue weighted by atomic mass is 10.1. The highest BCUT2D eigenvalue weighted by Crippen LogP contribution is 2.13. The molecule has 0 atom stereocenters. The fraction of sp³-hybridized carbons (Fsp3) is 0.423. The van der Waals surface area contributed by atoms with Crippen LogP contribution in [0, 0.1) is 5.92 Å². The minimum Gasteiger partial charge on any atom is -0.444 e. The van der Waals surface area contributed by atoms with Crippen molar-refractivity contribution in [2.24, 2.45) is 5.92 Å². The average molecular weight is 470 g/mol. The summed E-state index contributed by atoms with van der Waals surface area (Å²) in [6.45, 7) is 4.30. The van der Waals surface area contributed by atoms with Gasteiger partial charge in [-0.1, -0.05) is 74.5 Å². The lowest BCUT2D eigenvalue weighted by Gasteiger charge is -2.30. The molecule has 0 fully saturated rings. The summed E-state index contributed by atoms with van der Waals surface area (Å²) >= 11 is 0. The zero-order valence-corrected chi connectivity index (χ0v) is 20.5. The first-order chi connectivity index (χ1) is 16.3. The second-order valence-corrected chi connectivity index (χ2v) is 8.36. The average Bonchev–Trinajstić information content (AvgIpc) is 2.85. The Hall–Kier alpha value is -3.39. The quantitative estimate of drug-likeness (QED) is 0.439. The summed E-state index contributed by atoms with van der Waals surface area (Å²) in [5, 5.41) is 0.969. The molecule has 0 aromatic heterocycles. The van der Waals surface area contributed by atoms with Crippen LogP contribution in [0.25, 0.3) is 0 Å². The van der Waals surface area contributed by atoms with Crippen molar-refractivity contribution in [3.63, 3.8) is 0 Å². The van der Waals surface area contributed by atoms with Crippen LogP contribution >= 0.6 is 0 Å². The van der Waals surface area contributed by atoms with E-state index in [1.807, 2.05) is 74.5 Å². The Morgan fingerprint density at radius 2 is 1.41 bits per heavy atom. The number of nitrogens with zero attached hydrogens (tertiary/aromatic N) is 3. The molecular weight excluding hydrogens is 434 g/mol. The van der Waals surface area contributed by atoms with Gasteiger partial charge >= 0.3 is 18.2 Å². The SMILES string of the molecule is CON(C)C(=O)N(CCCc1ccccc1)C(=O)N(CCC(C)C)C(=O)OCc1ccccc1. The van der Waals surface area contributed by atoms with Crippen LogP contribution in [-0.4, -0.2) is 60.3 Å². The van der Waals surface area contributed by atoms with Crippen molar-refractivity contribution in [2.75, 3.05) is 27.2 Å². The summed E-state index contributed by atoms with van der Waals surface area (Å²) in [5.41, 5.74) is 1.91. The van der Waals surface area contributed by atoms with Crippen molar-refractivity contribution in [2.45, 2.75) is 39.7 Å². The van der Waals surface area contributed by atoms with Crippen LogP contribution in [0.4, 0.5) is 14.4 Å². The number of hydroxylamine groups is 2. The van der Waals surface area contributed by atoms with E-state index in [0.717, 1.165) is 26.0 Å². The zero-order chi connectivity index (χ0) is 24.9. The number of carbonyl (C=O) groups excluding carboxylic acids is 3. The van der Waals surface area contributed by atoms with Gasteiger partial charge < -0.3 is 4.74 Å². The Kier molecular flexibility index (Phi) is 11.1. The Labute approximate surface area is 202 Å². The summed E-state index contributed by atoms with van der Waals surface area (Å²) in [6, 6.07) is 17.7. The molecule has 0 saturated carbocycles. The number of aryl methyl sites for hydroxylation is 1. The van der Waals surface area contributed by atoms with E-state index in [-0.39, 0.29) is 25.6 Å². The lowest BCUT2D eigenvalue weighted by molar-refractivity contribution is -0.0735. The molecule has 0 N–H and O–H groups in total. The van der Waals surface area contributed by atoms with Gasteiger partial charge in [0.1, 0.15) is 6.61 Å². The maximum atomic E-state index is 13.5. The van der Waals surface area contributed by atoms with Gasteiger partial charge in [-0.05, 0) is 36.3 Å². The predicted molar refractivity (Wildman–Crippen MR) is 130 cm³/mol. The third kappa shape index (κ3) is 8.51. The highest BCUT2D eigenvalue weighted by atomic mass is 16.7. The van der Waals surface area contributed by atoms with Gasteiger partial charge in [0.15, 0.2) is 0 Å². The summed E-state index contributed by atoms with van der Waals surface area (Å²) in [6.07, 6.45) is 1.02. The van der Waals surface area contributed by atoms with Crippen LogP contribution in [0.2, 0.25) is 0 Å². The van der Waals surface area contributed by atoms with E-state index in [2.05, 4.69) is 0 Å². The molecule has 2 rings (SSSR count). The Morgan fingerprint density at radius 3 is 1.97 bits per heavy atom. The third-order valence-corrected chi connectivity index (χ3v) is 5.28. The number of amides is 5. The Bertz CT molecular complexity index is 905. The molecule has 0 aliphatic heterocycles. The van der Waals surface area contributed by atoms with Crippen molar-refractivity contribution in [3.05, 3.63) is 71.8 Å². The van der Waals surface area contributed by atoms with Gasteiger partial charge in [-0.2, -0.15) is 0 Å². The smallest absolute Gasteiger partial charge is 0.418 e. The lowest BCUT2D eigenvalue weighted by Crippen LogP contribution is -2.52. The van der Waals surface area contributed by atoms with Gasteiger partial charge in [-0.3, -0.25) is 4.84 Å². The van der Waals surface area contributed by atoms with E-state index >= 15 is 0 Å². The van der Waals surface area contributed by atoms with Gasteiger partial charge in [0.2, 0.25) is 0 Å². The summed E-state index contributed by atoms with van der Waals surface area (Å²) < 4.78 is 5.42. The van der Waals surface area contributed by atoms with Gasteiger partial charge in [0, 0.05) is 20.1 Å². The standard InChI is InChI=1S/C26H35N3O5/c1-21(2)17-19-29(26(32)34-20-23-14-9-6-10-15-23)25(31)28(24(30)27(3)33-4)18-11-16-22-12-7-5-8-13-22/h5-10,12-15,21H,11,16-20H2,1-4H3. The zero-order valence-electron chi connectivity index (χ0n) is 20.5. The van der Waals surface area contributed by atoms with E-state index in [4.69, 9.17) is 9.57 Å². The van der Waals surface area contributed by atoms with Crippen LogP contribution in [0.15, 0.2) is 60.7 Å². The number of hydrogen-bond acceptors (Lipinski definition) is 5. The molecule has 0 aliphatic carbocycles. The molecule has 0 spiro atoms. The van der Waals surface area contributed by atoms with Crippen LogP contribution in [-0.2, 0) is 22.6 Å². The van der Waals surface area contributed by atoms with Crippen LogP contribution in [0.3, 0.4) is 0 Å². The predicted octanol–water partition coefficient (Wildman–Crippen LogP) is 5.34. The van der Waals surface area contributed by atoms with Gasteiger partial charge in [0.25, 0.3) is 0 Å². The fourth-order valence-electron chi connectivity index (χ4n) is 3.20. The van der Waals surface area contributed by atoms with E-state index in [1.165, 1.54) is 14.2 Å². The van der Waals surface area contributed by atoms with E-state index in [9.17, 15) is 14.4 Å². The molecule has 8 nitrogen and oxygen atoms in total. The molecule has 184 valence electrons. The molecule has 34 heavy (non-hydrogen) atoms. The van der Waals surface area contributed by atoms with E-state index in [1.54, 1.807) is 0 Å². The molecule has 0 bridgehead atoms. The Morgan fingerprint density at radius 1 is 0.824 bits per heavy atom. The van der Waals surface area contributed by atoms with Gasteiger partial charge in [-0.15, -0.1) is 0 Å². The first-order valence-electron chi connectivity index (χ1n) is 11.5.